The molecule has 0 fully saturated rings. The summed E-state index contributed by atoms with van der Waals surface area (Å²) in [6, 6.07) is 10.4. The number of carbonyl (C=O) groups excluding carboxylic acids is 1. The normalized spacial score (nSPS) is 11.6. The molecule has 1 amide bonds. The van der Waals surface area contributed by atoms with Crippen LogP contribution in [0, 0.1) is 6.92 Å². The minimum Gasteiger partial charge on any atom is -0.496 e. The maximum Gasteiger partial charge on any atom is 0.416 e. The van der Waals surface area contributed by atoms with Gasteiger partial charge < -0.3 is 9.64 Å². The number of likely N-dealkylation sites (N-methyl/N-ethyl adjacent to an activating group) is 1. The Hall–Kier alpha value is -2.76. The molecular formula is C20H20F3NO2. The van der Waals surface area contributed by atoms with Crippen LogP contribution in [0.4, 0.5) is 13.2 Å². The number of rotatable bonds is 5. The van der Waals surface area contributed by atoms with Crippen LogP contribution in [0.25, 0.3) is 6.08 Å². The van der Waals surface area contributed by atoms with Crippen molar-refractivity contribution in [1.29, 1.82) is 0 Å². The molecule has 0 atom stereocenters. The van der Waals surface area contributed by atoms with Crippen molar-refractivity contribution in [1.82, 2.24) is 4.90 Å². The van der Waals surface area contributed by atoms with E-state index in [1.54, 1.807) is 14.2 Å². The quantitative estimate of drug-likeness (QED) is 0.721. The number of alkyl halides is 3. The summed E-state index contributed by atoms with van der Waals surface area (Å²) < 4.78 is 42.9. The van der Waals surface area contributed by atoms with Crippen LogP contribution in [0.15, 0.2) is 48.5 Å². The number of hydrogen-bond donors (Lipinski definition) is 0. The highest BCUT2D eigenvalue weighted by atomic mass is 19.4. The van der Waals surface area contributed by atoms with Gasteiger partial charge in [0.2, 0.25) is 5.91 Å². The average molecular weight is 363 g/mol. The first kappa shape index (κ1) is 19.6. The van der Waals surface area contributed by atoms with E-state index in [0.717, 1.165) is 23.3 Å². The molecule has 0 saturated heterocycles. The Kier molecular flexibility index (Phi) is 6.08. The van der Waals surface area contributed by atoms with Crippen molar-refractivity contribution >= 4 is 12.0 Å². The number of amides is 1. The smallest absolute Gasteiger partial charge is 0.416 e. The summed E-state index contributed by atoms with van der Waals surface area (Å²) >= 11 is 0. The van der Waals surface area contributed by atoms with E-state index < -0.39 is 11.7 Å². The van der Waals surface area contributed by atoms with Crippen molar-refractivity contribution in [2.24, 2.45) is 0 Å². The van der Waals surface area contributed by atoms with Gasteiger partial charge in [-0.05, 0) is 36.8 Å². The van der Waals surface area contributed by atoms with Gasteiger partial charge in [0.15, 0.2) is 0 Å². The number of methoxy groups -OCH3 is 1. The molecule has 2 rings (SSSR count). The number of ether oxygens (including phenoxy) is 1. The van der Waals surface area contributed by atoms with Crippen molar-refractivity contribution in [3.05, 3.63) is 70.8 Å². The van der Waals surface area contributed by atoms with Crippen LogP contribution in [0.1, 0.15) is 22.3 Å². The SMILES string of the molecule is COc1ccc(C)cc1CN(C)C(=O)/C=C/c1ccc(C(F)(F)F)cc1. The largest absolute Gasteiger partial charge is 0.496 e. The van der Waals surface area contributed by atoms with E-state index in [1.807, 2.05) is 25.1 Å². The van der Waals surface area contributed by atoms with Gasteiger partial charge in [0.25, 0.3) is 0 Å². The Bertz CT molecular complexity index is 796. The second-order valence-corrected chi connectivity index (χ2v) is 5.96. The monoisotopic (exact) mass is 363 g/mol. The number of aryl methyl sites for hydroxylation is 1. The zero-order valence-electron chi connectivity index (χ0n) is 14.8. The van der Waals surface area contributed by atoms with Crippen LogP contribution in [0.2, 0.25) is 0 Å². The Balaban J connectivity index is 2.05. The lowest BCUT2D eigenvalue weighted by Gasteiger charge is -2.17. The molecule has 0 heterocycles. The van der Waals surface area contributed by atoms with E-state index in [0.29, 0.717) is 17.9 Å². The third-order valence-electron chi connectivity index (χ3n) is 3.88. The van der Waals surface area contributed by atoms with E-state index in [1.165, 1.54) is 29.2 Å². The minimum absolute atomic E-state index is 0.256. The molecule has 0 aliphatic rings. The van der Waals surface area contributed by atoms with E-state index in [2.05, 4.69) is 0 Å². The summed E-state index contributed by atoms with van der Waals surface area (Å²) in [5.41, 5.74) is 1.74. The van der Waals surface area contributed by atoms with Gasteiger partial charge in [0.1, 0.15) is 5.75 Å². The number of halogens is 3. The highest BCUT2D eigenvalue weighted by molar-refractivity contribution is 5.91. The van der Waals surface area contributed by atoms with Gasteiger partial charge in [-0.3, -0.25) is 4.79 Å². The number of benzene rings is 2. The molecule has 0 aliphatic heterocycles. The number of hydrogen-bond acceptors (Lipinski definition) is 2. The molecule has 26 heavy (non-hydrogen) atoms. The molecule has 138 valence electrons. The molecule has 0 aliphatic carbocycles. The average Bonchev–Trinajstić information content (AvgIpc) is 2.59. The minimum atomic E-state index is -4.37. The predicted molar refractivity (Wildman–Crippen MR) is 94.7 cm³/mol. The van der Waals surface area contributed by atoms with Gasteiger partial charge in [-0.25, -0.2) is 0 Å². The van der Waals surface area contributed by atoms with Crippen LogP contribution >= 0.6 is 0 Å². The van der Waals surface area contributed by atoms with Gasteiger partial charge in [-0.1, -0.05) is 29.8 Å². The second kappa shape index (κ2) is 8.08. The number of nitrogens with zero attached hydrogens (tertiary/aromatic N) is 1. The Morgan fingerprint density at radius 1 is 1.15 bits per heavy atom. The lowest BCUT2D eigenvalue weighted by atomic mass is 10.1. The maximum absolute atomic E-state index is 12.5. The lowest BCUT2D eigenvalue weighted by molar-refractivity contribution is -0.137. The molecule has 0 N–H and O–H groups in total. The first-order valence-corrected chi connectivity index (χ1v) is 7.94. The lowest BCUT2D eigenvalue weighted by Crippen LogP contribution is -2.24. The first-order chi connectivity index (χ1) is 12.2. The fourth-order valence-electron chi connectivity index (χ4n) is 2.44. The summed E-state index contributed by atoms with van der Waals surface area (Å²) in [7, 11) is 3.22. The van der Waals surface area contributed by atoms with Gasteiger partial charge in [0.05, 0.1) is 12.7 Å². The summed E-state index contributed by atoms with van der Waals surface area (Å²) in [4.78, 5) is 13.8. The van der Waals surface area contributed by atoms with E-state index in [4.69, 9.17) is 4.74 Å². The summed E-state index contributed by atoms with van der Waals surface area (Å²) in [6.07, 6.45) is -1.54. The molecule has 0 radical (unpaired) electrons. The van der Waals surface area contributed by atoms with Crippen LogP contribution in [0.5, 0.6) is 5.75 Å². The number of carbonyl (C=O) groups is 1. The van der Waals surface area contributed by atoms with E-state index in [-0.39, 0.29) is 5.91 Å². The molecule has 2 aromatic carbocycles. The molecule has 0 aromatic heterocycles. The van der Waals surface area contributed by atoms with Gasteiger partial charge >= 0.3 is 6.18 Å². The fourth-order valence-corrected chi connectivity index (χ4v) is 2.44. The van der Waals surface area contributed by atoms with E-state index in [9.17, 15) is 18.0 Å². The van der Waals surface area contributed by atoms with Crippen LogP contribution in [-0.2, 0) is 17.5 Å². The van der Waals surface area contributed by atoms with Crippen LogP contribution < -0.4 is 4.74 Å². The molecule has 2 aromatic rings. The van der Waals surface area contributed by atoms with Gasteiger partial charge in [0, 0.05) is 25.2 Å². The zero-order chi connectivity index (χ0) is 19.3. The van der Waals surface area contributed by atoms with Crippen molar-refractivity contribution in [2.75, 3.05) is 14.2 Å². The molecular weight excluding hydrogens is 343 g/mol. The third kappa shape index (κ3) is 5.12. The van der Waals surface area contributed by atoms with Gasteiger partial charge in [-0.2, -0.15) is 13.2 Å². The zero-order valence-corrected chi connectivity index (χ0v) is 14.8. The maximum atomic E-state index is 12.5. The fraction of sp³-hybridized carbons (Fsp3) is 0.250. The molecule has 3 nitrogen and oxygen atoms in total. The molecule has 0 spiro atoms. The highest BCUT2D eigenvalue weighted by Gasteiger charge is 2.29. The standard InChI is InChI=1S/C20H20F3NO2/c1-14-4-10-18(26-3)16(12-14)13-24(2)19(25)11-7-15-5-8-17(9-6-15)20(21,22)23/h4-12H,13H2,1-3H3/b11-7+. The Labute approximate surface area is 150 Å². The predicted octanol–water partition coefficient (Wildman–Crippen LogP) is 4.69. The summed E-state index contributed by atoms with van der Waals surface area (Å²) in [5, 5.41) is 0. The van der Waals surface area contributed by atoms with Crippen molar-refractivity contribution < 1.29 is 22.7 Å². The molecule has 0 unspecified atom stereocenters. The van der Waals surface area contributed by atoms with Crippen molar-refractivity contribution in [2.45, 2.75) is 19.6 Å². The topological polar surface area (TPSA) is 29.5 Å². The van der Waals surface area contributed by atoms with Crippen molar-refractivity contribution in [3.63, 3.8) is 0 Å². The van der Waals surface area contributed by atoms with Crippen molar-refractivity contribution in [3.8, 4) is 5.75 Å². The van der Waals surface area contributed by atoms with Gasteiger partial charge in [-0.15, -0.1) is 0 Å². The molecule has 0 saturated carbocycles. The summed E-state index contributed by atoms with van der Waals surface area (Å²) in [6.45, 7) is 2.32. The second-order valence-electron chi connectivity index (χ2n) is 5.96. The van der Waals surface area contributed by atoms with E-state index >= 15 is 0 Å². The Morgan fingerprint density at radius 3 is 2.38 bits per heavy atom. The first-order valence-electron chi connectivity index (χ1n) is 7.94. The Morgan fingerprint density at radius 2 is 1.81 bits per heavy atom. The molecule has 0 bridgehead atoms. The highest BCUT2D eigenvalue weighted by Crippen LogP contribution is 2.29. The summed E-state index contributed by atoms with van der Waals surface area (Å²) in [5.74, 6) is 0.440. The third-order valence-corrected chi connectivity index (χ3v) is 3.88. The van der Waals surface area contributed by atoms with Crippen LogP contribution in [0.3, 0.4) is 0 Å². The molecule has 6 heteroatoms. The van der Waals surface area contributed by atoms with Crippen LogP contribution in [-0.4, -0.2) is 25.0 Å².